The first-order valence-electron chi connectivity index (χ1n) is 9.93. The van der Waals surface area contributed by atoms with E-state index >= 15 is 0 Å². The molecule has 0 aliphatic carbocycles. The van der Waals surface area contributed by atoms with Crippen molar-refractivity contribution in [2.24, 2.45) is 0 Å². The molecule has 0 amide bonds. The van der Waals surface area contributed by atoms with Gasteiger partial charge in [0, 0.05) is 25.5 Å². The van der Waals surface area contributed by atoms with Crippen molar-refractivity contribution in [2.45, 2.75) is 13.8 Å². The van der Waals surface area contributed by atoms with E-state index < -0.39 is 0 Å². The number of aromatic nitrogens is 2. The van der Waals surface area contributed by atoms with Crippen LogP contribution in [0.3, 0.4) is 0 Å². The Morgan fingerprint density at radius 2 is 1.40 bits per heavy atom. The molecule has 4 aromatic carbocycles. The van der Waals surface area contributed by atoms with E-state index in [1.54, 1.807) is 0 Å². The average Bonchev–Trinajstić information content (AvgIpc) is 3.14. The SMILES string of the molecule is Cc1cccc(C)c1-c1cc[c-]c2c1c1ccccc1c1c3ccccc3nn21.[Ir]. The predicted octanol–water partition coefficient (Wildman–Crippen LogP) is 6.88. The number of rotatable bonds is 1. The molecule has 0 aliphatic heterocycles. The van der Waals surface area contributed by atoms with Crippen LogP contribution in [-0.4, -0.2) is 9.61 Å². The van der Waals surface area contributed by atoms with Crippen molar-refractivity contribution in [3.05, 3.63) is 96.1 Å². The van der Waals surface area contributed by atoms with E-state index in [0.29, 0.717) is 0 Å². The summed E-state index contributed by atoms with van der Waals surface area (Å²) in [4.78, 5) is 0. The number of benzene rings is 4. The maximum absolute atomic E-state index is 4.96. The Bertz CT molecular complexity index is 1560. The van der Waals surface area contributed by atoms with Gasteiger partial charge in [-0.3, -0.25) is 4.52 Å². The van der Waals surface area contributed by atoms with Gasteiger partial charge < -0.3 is 0 Å². The summed E-state index contributed by atoms with van der Waals surface area (Å²) in [6, 6.07) is 31.3. The number of nitrogens with zero attached hydrogens (tertiary/aromatic N) is 2. The number of aryl methyl sites for hydroxylation is 2. The second kappa shape index (κ2) is 7.05. The van der Waals surface area contributed by atoms with Crippen LogP contribution in [0.15, 0.2) is 78.9 Å². The first kappa shape index (κ1) is 19.0. The van der Waals surface area contributed by atoms with Crippen LogP contribution in [0, 0.1) is 19.9 Å². The molecule has 147 valence electrons. The zero-order valence-corrected chi connectivity index (χ0v) is 19.1. The molecular formula is C27H19IrN2-. The van der Waals surface area contributed by atoms with Crippen LogP contribution < -0.4 is 0 Å². The summed E-state index contributed by atoms with van der Waals surface area (Å²) in [5.74, 6) is 0. The second-order valence-corrected chi connectivity index (χ2v) is 7.70. The molecule has 6 rings (SSSR count). The fourth-order valence-corrected chi connectivity index (χ4v) is 4.74. The molecule has 0 N–H and O–H groups in total. The summed E-state index contributed by atoms with van der Waals surface area (Å²) >= 11 is 0. The van der Waals surface area contributed by atoms with Crippen LogP contribution in [0.1, 0.15) is 11.1 Å². The average molecular weight is 564 g/mol. The fourth-order valence-electron chi connectivity index (χ4n) is 4.74. The quantitative estimate of drug-likeness (QED) is 0.158. The fraction of sp³-hybridized carbons (Fsp3) is 0.0741. The van der Waals surface area contributed by atoms with Gasteiger partial charge in [0.1, 0.15) is 0 Å². The summed E-state index contributed by atoms with van der Waals surface area (Å²) in [7, 11) is 0. The smallest absolute Gasteiger partial charge is 0.0933 e. The standard InChI is InChI=1S/C27H19N2.Ir/c1-17-9-7-10-18(2)25(17)22-14-8-16-24-26(22)19-11-3-4-12-20(19)27-21-13-5-6-15-23(21)28-29(24)27;/h3-15H,1-2H3;/q-1;. The van der Waals surface area contributed by atoms with Crippen LogP contribution in [-0.2, 0) is 20.1 Å². The van der Waals surface area contributed by atoms with Crippen molar-refractivity contribution in [2.75, 3.05) is 0 Å². The molecule has 2 heterocycles. The van der Waals surface area contributed by atoms with Gasteiger partial charge in [-0.05, 0) is 47.5 Å². The minimum atomic E-state index is 0. The summed E-state index contributed by atoms with van der Waals surface area (Å²) in [6.07, 6.45) is 0. The Labute approximate surface area is 188 Å². The minimum Gasteiger partial charge on any atom is -0.256 e. The Morgan fingerprint density at radius 3 is 2.17 bits per heavy atom. The van der Waals surface area contributed by atoms with Crippen molar-refractivity contribution < 1.29 is 20.1 Å². The monoisotopic (exact) mass is 564 g/mol. The molecule has 0 aliphatic rings. The van der Waals surface area contributed by atoms with Crippen molar-refractivity contribution in [3.8, 4) is 11.1 Å². The zero-order valence-electron chi connectivity index (χ0n) is 16.7. The molecule has 0 saturated heterocycles. The molecule has 6 aromatic rings. The molecule has 1 radical (unpaired) electrons. The Kier molecular flexibility index (Phi) is 4.46. The molecule has 30 heavy (non-hydrogen) atoms. The van der Waals surface area contributed by atoms with E-state index in [9.17, 15) is 0 Å². The van der Waals surface area contributed by atoms with Gasteiger partial charge in [-0.15, -0.1) is 5.56 Å². The van der Waals surface area contributed by atoms with Crippen molar-refractivity contribution >= 4 is 38.1 Å². The number of hydrogen-bond acceptors (Lipinski definition) is 1. The Morgan fingerprint density at radius 1 is 0.733 bits per heavy atom. The van der Waals surface area contributed by atoms with Gasteiger partial charge in [-0.1, -0.05) is 71.4 Å². The van der Waals surface area contributed by atoms with Crippen molar-refractivity contribution in [1.29, 1.82) is 0 Å². The first-order chi connectivity index (χ1) is 14.2. The van der Waals surface area contributed by atoms with E-state index in [4.69, 9.17) is 5.10 Å². The molecule has 0 saturated carbocycles. The van der Waals surface area contributed by atoms with Crippen molar-refractivity contribution in [1.82, 2.24) is 9.61 Å². The number of pyridine rings is 1. The minimum absolute atomic E-state index is 0. The molecule has 0 fully saturated rings. The number of hydrogen-bond donors (Lipinski definition) is 0. The van der Waals surface area contributed by atoms with Crippen molar-refractivity contribution in [3.63, 3.8) is 0 Å². The zero-order chi connectivity index (χ0) is 19.5. The first-order valence-corrected chi connectivity index (χ1v) is 9.93. The largest absolute Gasteiger partial charge is 0.256 e. The van der Waals surface area contributed by atoms with Gasteiger partial charge >= 0.3 is 0 Å². The van der Waals surface area contributed by atoms with E-state index in [2.05, 4.69) is 91.2 Å². The molecular weight excluding hydrogens is 545 g/mol. The molecule has 0 bridgehead atoms. The molecule has 0 unspecified atom stereocenters. The summed E-state index contributed by atoms with van der Waals surface area (Å²) in [5.41, 5.74) is 8.30. The number of fused-ring (bicyclic) bond motifs is 8. The molecule has 3 heteroatoms. The molecule has 0 atom stereocenters. The van der Waals surface area contributed by atoms with E-state index in [0.717, 1.165) is 16.6 Å². The summed E-state index contributed by atoms with van der Waals surface area (Å²) in [5, 5.41) is 9.81. The maximum atomic E-state index is 4.96. The Balaban J connectivity index is 0.00000193. The van der Waals surface area contributed by atoms with Gasteiger partial charge in [0.25, 0.3) is 0 Å². The van der Waals surface area contributed by atoms with Gasteiger partial charge in [0.15, 0.2) is 0 Å². The topological polar surface area (TPSA) is 17.3 Å². The van der Waals surface area contributed by atoms with Gasteiger partial charge in [0.2, 0.25) is 0 Å². The van der Waals surface area contributed by atoms with E-state index in [1.807, 2.05) is 12.1 Å². The van der Waals surface area contributed by atoms with Gasteiger partial charge in [0.05, 0.1) is 11.0 Å². The van der Waals surface area contributed by atoms with E-state index in [1.165, 1.54) is 43.8 Å². The summed E-state index contributed by atoms with van der Waals surface area (Å²) < 4.78 is 2.08. The van der Waals surface area contributed by atoms with Crippen LogP contribution in [0.2, 0.25) is 0 Å². The van der Waals surface area contributed by atoms with Crippen LogP contribution in [0.5, 0.6) is 0 Å². The summed E-state index contributed by atoms with van der Waals surface area (Å²) in [6.45, 7) is 4.38. The predicted molar refractivity (Wildman–Crippen MR) is 121 cm³/mol. The maximum Gasteiger partial charge on any atom is 0.0933 e. The third kappa shape index (κ3) is 2.56. The Hall–Kier alpha value is -3.00. The van der Waals surface area contributed by atoms with E-state index in [-0.39, 0.29) is 20.1 Å². The molecule has 0 spiro atoms. The van der Waals surface area contributed by atoms with Crippen LogP contribution in [0.25, 0.3) is 49.2 Å². The van der Waals surface area contributed by atoms with Crippen LogP contribution >= 0.6 is 0 Å². The van der Waals surface area contributed by atoms with Gasteiger partial charge in [-0.2, -0.15) is 23.3 Å². The second-order valence-electron chi connectivity index (χ2n) is 7.70. The third-order valence-electron chi connectivity index (χ3n) is 5.97. The third-order valence-corrected chi connectivity index (χ3v) is 5.97. The van der Waals surface area contributed by atoms with Gasteiger partial charge in [-0.25, -0.2) is 0 Å². The molecule has 2 aromatic heterocycles. The molecule has 2 nitrogen and oxygen atoms in total. The van der Waals surface area contributed by atoms with Crippen LogP contribution in [0.4, 0.5) is 0 Å². The normalized spacial score (nSPS) is 11.4.